The molecule has 0 aromatic heterocycles. The Bertz CT molecular complexity index is 696. The molecule has 6 heteroatoms. The average molecular weight is 344 g/mol. The van der Waals surface area contributed by atoms with Gasteiger partial charge in [0.05, 0.1) is 12.5 Å². The van der Waals surface area contributed by atoms with Crippen LogP contribution in [0.15, 0.2) is 30.5 Å². The minimum atomic E-state index is -1.05. The highest BCUT2D eigenvalue weighted by molar-refractivity contribution is 5.85. The van der Waals surface area contributed by atoms with Crippen LogP contribution in [0, 0.1) is 5.92 Å². The van der Waals surface area contributed by atoms with E-state index < -0.39 is 18.1 Å². The lowest BCUT2D eigenvalue weighted by molar-refractivity contribution is -0.142. The van der Waals surface area contributed by atoms with Crippen LogP contribution in [0.25, 0.3) is 6.08 Å². The van der Waals surface area contributed by atoms with Crippen LogP contribution in [0.1, 0.15) is 50.8 Å². The summed E-state index contributed by atoms with van der Waals surface area (Å²) in [5, 5.41) is 11.9. The molecule has 2 N–H and O–H groups in total. The van der Waals surface area contributed by atoms with Crippen LogP contribution in [0.3, 0.4) is 0 Å². The number of rotatable bonds is 6. The van der Waals surface area contributed by atoms with Gasteiger partial charge in [0.15, 0.2) is 0 Å². The lowest BCUT2D eigenvalue weighted by Gasteiger charge is -2.32. The molecule has 2 atom stereocenters. The van der Waals surface area contributed by atoms with Crippen LogP contribution >= 0.6 is 0 Å². The molecule has 0 bridgehead atoms. The Labute approximate surface area is 147 Å². The van der Waals surface area contributed by atoms with Gasteiger partial charge in [0.1, 0.15) is 6.04 Å². The predicted molar refractivity (Wildman–Crippen MR) is 94.4 cm³/mol. The number of nitrogens with one attached hydrogen (secondary N) is 1. The second kappa shape index (κ2) is 7.96. The Morgan fingerprint density at radius 2 is 1.92 bits per heavy atom. The van der Waals surface area contributed by atoms with E-state index in [2.05, 4.69) is 5.32 Å². The van der Waals surface area contributed by atoms with E-state index in [1.807, 2.05) is 44.2 Å². The number of benzene rings is 1. The summed E-state index contributed by atoms with van der Waals surface area (Å²) in [7, 11) is 0. The highest BCUT2D eigenvalue weighted by Gasteiger charge is 2.29. The molecule has 2 amide bonds. The molecular weight excluding hydrogens is 320 g/mol. The Balaban J connectivity index is 2.17. The normalized spacial score (nSPS) is 17.1. The predicted octanol–water partition coefficient (Wildman–Crippen LogP) is 2.57. The number of carboxylic acid groups (broad SMARTS) is 1. The minimum absolute atomic E-state index is 0.0167. The summed E-state index contributed by atoms with van der Waals surface area (Å²) in [4.78, 5) is 37.2. The van der Waals surface area contributed by atoms with E-state index in [-0.39, 0.29) is 24.2 Å². The van der Waals surface area contributed by atoms with Crippen molar-refractivity contribution in [2.24, 2.45) is 5.92 Å². The number of carbonyl (C=O) groups excluding carboxylic acids is 2. The Kier molecular flexibility index (Phi) is 5.96. The second-order valence-corrected chi connectivity index (χ2v) is 6.68. The van der Waals surface area contributed by atoms with Crippen LogP contribution in [0.4, 0.5) is 0 Å². The second-order valence-electron chi connectivity index (χ2n) is 6.68. The van der Waals surface area contributed by atoms with Gasteiger partial charge in [0, 0.05) is 13.1 Å². The molecule has 1 aromatic carbocycles. The third-order valence-corrected chi connectivity index (χ3v) is 4.19. The molecule has 2 unspecified atom stereocenters. The zero-order chi connectivity index (χ0) is 18.6. The first-order valence-corrected chi connectivity index (χ1v) is 8.37. The first-order chi connectivity index (χ1) is 11.8. The Morgan fingerprint density at radius 3 is 2.52 bits per heavy atom. The molecule has 134 valence electrons. The smallest absolute Gasteiger partial charge is 0.326 e. The first kappa shape index (κ1) is 18.7. The Morgan fingerprint density at radius 1 is 1.24 bits per heavy atom. The maximum atomic E-state index is 12.4. The van der Waals surface area contributed by atoms with Gasteiger partial charge in [-0.3, -0.25) is 9.59 Å². The maximum absolute atomic E-state index is 12.4. The van der Waals surface area contributed by atoms with Gasteiger partial charge in [-0.1, -0.05) is 38.1 Å². The molecule has 0 aliphatic carbocycles. The van der Waals surface area contributed by atoms with Crippen molar-refractivity contribution >= 4 is 23.9 Å². The van der Waals surface area contributed by atoms with Crippen LogP contribution in [-0.2, 0) is 14.4 Å². The summed E-state index contributed by atoms with van der Waals surface area (Å²) in [6.07, 6.45) is 3.89. The van der Waals surface area contributed by atoms with Crippen molar-refractivity contribution < 1.29 is 19.5 Å². The van der Waals surface area contributed by atoms with E-state index in [0.29, 0.717) is 6.42 Å². The summed E-state index contributed by atoms with van der Waals surface area (Å²) in [6, 6.07) is 6.20. The van der Waals surface area contributed by atoms with E-state index in [9.17, 15) is 19.5 Å². The standard InChI is InChI=1S/C19H24N2O4/c1-12(2)10-16(19(24)25)20-18(23)11-17-15-7-5-4-6-14(15)8-9-21(17)13(3)22/h4-9,12,16-17H,10-11H2,1-3H3,(H,20,23)(H,24,25). The molecular formula is C19H24N2O4. The first-order valence-electron chi connectivity index (χ1n) is 8.37. The van der Waals surface area contributed by atoms with E-state index in [4.69, 9.17) is 0 Å². The number of amides is 2. The summed E-state index contributed by atoms with van der Waals surface area (Å²) in [6.45, 7) is 5.26. The van der Waals surface area contributed by atoms with E-state index in [1.54, 1.807) is 6.20 Å². The minimum Gasteiger partial charge on any atom is -0.480 e. The van der Waals surface area contributed by atoms with Crippen LogP contribution in [-0.4, -0.2) is 33.8 Å². The van der Waals surface area contributed by atoms with Crippen LogP contribution < -0.4 is 5.32 Å². The fraction of sp³-hybridized carbons (Fsp3) is 0.421. The van der Waals surface area contributed by atoms with Crippen molar-refractivity contribution in [1.82, 2.24) is 10.2 Å². The number of nitrogens with zero attached hydrogens (tertiary/aromatic N) is 1. The van der Waals surface area contributed by atoms with Crippen molar-refractivity contribution in [3.63, 3.8) is 0 Å². The molecule has 0 fully saturated rings. The molecule has 0 saturated heterocycles. The van der Waals surface area contributed by atoms with Gasteiger partial charge in [-0.05, 0) is 29.5 Å². The monoisotopic (exact) mass is 344 g/mol. The molecule has 0 saturated carbocycles. The van der Waals surface area contributed by atoms with Crippen molar-refractivity contribution in [2.75, 3.05) is 0 Å². The van der Waals surface area contributed by atoms with Crippen LogP contribution in [0.2, 0.25) is 0 Å². The lowest BCUT2D eigenvalue weighted by Crippen LogP contribution is -2.43. The number of carboxylic acids is 1. The molecule has 25 heavy (non-hydrogen) atoms. The van der Waals surface area contributed by atoms with Gasteiger partial charge in [-0.15, -0.1) is 0 Å². The van der Waals surface area contributed by atoms with Gasteiger partial charge < -0.3 is 15.3 Å². The summed E-state index contributed by atoms with van der Waals surface area (Å²) in [5.74, 6) is -1.45. The number of hydrogen-bond acceptors (Lipinski definition) is 3. The zero-order valence-corrected chi connectivity index (χ0v) is 14.7. The lowest BCUT2D eigenvalue weighted by atomic mass is 9.93. The fourth-order valence-corrected chi connectivity index (χ4v) is 3.03. The largest absolute Gasteiger partial charge is 0.480 e. The van der Waals surface area contributed by atoms with E-state index in [1.165, 1.54) is 11.8 Å². The fourth-order valence-electron chi connectivity index (χ4n) is 3.03. The number of aliphatic carboxylic acids is 1. The topological polar surface area (TPSA) is 86.7 Å². The van der Waals surface area contributed by atoms with Crippen molar-refractivity contribution in [3.05, 3.63) is 41.6 Å². The van der Waals surface area contributed by atoms with E-state index in [0.717, 1.165) is 11.1 Å². The molecule has 1 aliphatic rings. The average Bonchev–Trinajstić information content (AvgIpc) is 2.53. The SMILES string of the molecule is CC(=O)N1C=Cc2ccccc2C1CC(=O)NC(CC(C)C)C(=O)O. The van der Waals surface area contributed by atoms with Crippen molar-refractivity contribution in [2.45, 2.75) is 45.7 Å². The summed E-state index contributed by atoms with van der Waals surface area (Å²) >= 11 is 0. The summed E-state index contributed by atoms with van der Waals surface area (Å²) in [5.41, 5.74) is 1.83. The highest BCUT2D eigenvalue weighted by Crippen LogP contribution is 2.32. The number of fused-ring (bicyclic) bond motifs is 1. The van der Waals surface area contributed by atoms with E-state index >= 15 is 0 Å². The Hall–Kier alpha value is -2.63. The zero-order valence-electron chi connectivity index (χ0n) is 14.7. The molecule has 1 heterocycles. The van der Waals surface area contributed by atoms with Gasteiger partial charge >= 0.3 is 5.97 Å². The highest BCUT2D eigenvalue weighted by atomic mass is 16.4. The molecule has 0 spiro atoms. The maximum Gasteiger partial charge on any atom is 0.326 e. The molecule has 1 aromatic rings. The van der Waals surface area contributed by atoms with Crippen molar-refractivity contribution in [1.29, 1.82) is 0 Å². The summed E-state index contributed by atoms with van der Waals surface area (Å²) < 4.78 is 0. The van der Waals surface area contributed by atoms with Gasteiger partial charge in [0.2, 0.25) is 11.8 Å². The van der Waals surface area contributed by atoms with Gasteiger partial charge in [-0.25, -0.2) is 4.79 Å². The quantitative estimate of drug-likeness (QED) is 0.830. The van der Waals surface area contributed by atoms with Crippen molar-refractivity contribution in [3.8, 4) is 0 Å². The number of hydrogen-bond donors (Lipinski definition) is 2. The molecule has 2 rings (SSSR count). The van der Waals surface area contributed by atoms with Gasteiger partial charge in [-0.2, -0.15) is 0 Å². The number of carbonyl (C=O) groups is 3. The van der Waals surface area contributed by atoms with Gasteiger partial charge in [0.25, 0.3) is 0 Å². The molecule has 0 radical (unpaired) electrons. The molecule has 6 nitrogen and oxygen atoms in total. The third kappa shape index (κ3) is 4.68. The molecule has 1 aliphatic heterocycles. The van der Waals surface area contributed by atoms with Crippen LogP contribution in [0.5, 0.6) is 0 Å². The third-order valence-electron chi connectivity index (χ3n) is 4.19.